The highest BCUT2D eigenvalue weighted by Crippen LogP contribution is 2.61. The highest BCUT2D eigenvalue weighted by atomic mass is 32.2. The van der Waals surface area contributed by atoms with Crippen LogP contribution in [0.2, 0.25) is 0 Å². The Bertz CT molecular complexity index is 1390. The van der Waals surface area contributed by atoms with Gasteiger partial charge in [0.25, 0.3) is 10.1 Å². The molecule has 0 radical (unpaired) electrons. The summed E-state index contributed by atoms with van der Waals surface area (Å²) >= 11 is 0. The summed E-state index contributed by atoms with van der Waals surface area (Å²) in [5.74, 6) is -4.69. The highest BCUT2D eigenvalue weighted by Gasteiger charge is 2.73. The van der Waals surface area contributed by atoms with E-state index < -0.39 is 43.6 Å². The van der Waals surface area contributed by atoms with Crippen molar-refractivity contribution in [2.75, 3.05) is 0 Å². The second-order valence-corrected chi connectivity index (χ2v) is 27.3. The van der Waals surface area contributed by atoms with Crippen molar-refractivity contribution < 1.29 is 32.8 Å². The molecule has 0 rings (SSSR count). The Morgan fingerprint density at radius 1 is 0.295 bits per heavy atom. The van der Waals surface area contributed by atoms with Crippen molar-refractivity contribution in [1.29, 1.82) is 0 Å². The van der Waals surface area contributed by atoms with E-state index in [1.54, 1.807) is 0 Å². The molecule has 0 aromatic carbocycles. The summed E-state index contributed by atoms with van der Waals surface area (Å²) in [6.07, 6.45) is 58.5. The molecule has 78 heavy (non-hydrogen) atoms. The van der Waals surface area contributed by atoms with E-state index in [-0.39, 0.29) is 0 Å². The standard InChI is InChI=1S/C70H138O7S/c1-7-13-19-25-31-37-42-48-54-60-68(59-53-47-41-35-29-23-17-11-5,61-55-49-43-38-32-26-20-14-8-2)65(66(71)72)70(67(73)74,78(75,76)77)69(62-56-50-44-36-30-24-18-12-6,63-57-51-45-39-33-27-21-15-9-3)64-58-52-46-40-34-28-22-16-10-4/h65H,7-64H2,1-6H3,(H,71,72)(H,73,74)(H,75,76,77). The smallest absolute Gasteiger partial charge is 0.329 e. The minimum absolute atomic E-state index is 0.315. The third-order valence-electron chi connectivity index (χ3n) is 18.9. The summed E-state index contributed by atoms with van der Waals surface area (Å²) in [6.45, 7) is 13.4. The van der Waals surface area contributed by atoms with E-state index >= 15 is 18.0 Å². The zero-order valence-corrected chi connectivity index (χ0v) is 54.3. The predicted molar refractivity (Wildman–Crippen MR) is 340 cm³/mol. The van der Waals surface area contributed by atoms with Crippen molar-refractivity contribution >= 4 is 22.1 Å². The van der Waals surface area contributed by atoms with Crippen LogP contribution in [0.5, 0.6) is 0 Å². The number of aliphatic carboxylic acids is 2. The molecular weight excluding hydrogens is 985 g/mol. The third kappa shape index (κ3) is 34.5. The molecule has 0 aromatic heterocycles. The Hall–Kier alpha value is -1.15. The second kappa shape index (κ2) is 52.6. The van der Waals surface area contributed by atoms with E-state index in [4.69, 9.17) is 0 Å². The van der Waals surface area contributed by atoms with Crippen molar-refractivity contribution in [2.45, 2.75) is 419 Å². The molecule has 0 bridgehead atoms. The van der Waals surface area contributed by atoms with Crippen LogP contribution in [0.3, 0.4) is 0 Å². The summed E-state index contributed by atoms with van der Waals surface area (Å²) in [4.78, 5) is 30.3. The van der Waals surface area contributed by atoms with Crippen LogP contribution in [0.4, 0.5) is 0 Å². The van der Waals surface area contributed by atoms with Gasteiger partial charge in [-0.1, -0.05) is 375 Å². The molecule has 0 saturated carbocycles. The van der Waals surface area contributed by atoms with Gasteiger partial charge >= 0.3 is 11.9 Å². The van der Waals surface area contributed by atoms with E-state index in [2.05, 4.69) is 41.5 Å². The monoisotopic (exact) mass is 1120 g/mol. The molecule has 0 saturated heterocycles. The average molecular weight is 1120 g/mol. The molecule has 0 aliphatic carbocycles. The summed E-state index contributed by atoms with van der Waals surface area (Å²) < 4.78 is 40.2. The Balaban J connectivity index is 8.05. The molecule has 466 valence electrons. The lowest BCUT2D eigenvalue weighted by molar-refractivity contribution is -0.167. The van der Waals surface area contributed by atoms with Crippen LogP contribution in [0.15, 0.2) is 0 Å². The number of carbonyl (C=O) groups is 2. The fourth-order valence-corrected chi connectivity index (χ4v) is 15.9. The van der Waals surface area contributed by atoms with Gasteiger partial charge in [0.1, 0.15) is 0 Å². The molecule has 2 unspecified atom stereocenters. The zero-order valence-electron chi connectivity index (χ0n) is 53.5. The fourth-order valence-electron chi connectivity index (χ4n) is 14.1. The SMILES string of the molecule is CCCCCCCCCCCC(CCCCCCCCCC)(CCCCCCCCCCC)C(C(=O)O)C(C(=O)O)(C(CCCCCCCCCC)(CCCCCCCCCCC)CCCCCCCCCCC)S(=O)(=O)O. The van der Waals surface area contributed by atoms with E-state index in [0.29, 0.717) is 57.8 Å². The lowest BCUT2D eigenvalue weighted by Gasteiger charge is -2.54. The summed E-state index contributed by atoms with van der Waals surface area (Å²) in [5, 5.41) is 24.6. The quantitative estimate of drug-likeness (QED) is 0.0409. The first kappa shape index (κ1) is 76.9. The maximum absolute atomic E-state index is 15.3. The van der Waals surface area contributed by atoms with Crippen molar-refractivity contribution in [3.63, 3.8) is 0 Å². The Labute approximate surface area is 487 Å². The van der Waals surface area contributed by atoms with Crippen LogP contribution in [-0.2, 0) is 19.7 Å². The van der Waals surface area contributed by atoms with E-state index in [0.717, 1.165) is 154 Å². The molecule has 0 aliphatic heterocycles. The number of carboxylic acid groups (broad SMARTS) is 2. The topological polar surface area (TPSA) is 129 Å². The van der Waals surface area contributed by atoms with Crippen LogP contribution < -0.4 is 0 Å². The molecule has 7 nitrogen and oxygen atoms in total. The zero-order chi connectivity index (χ0) is 57.7. The lowest BCUT2D eigenvalue weighted by Crippen LogP contribution is -2.69. The molecule has 0 aromatic rings. The molecule has 0 heterocycles. The first-order valence-corrected chi connectivity index (χ1v) is 36.7. The fraction of sp³-hybridized carbons (Fsp3) is 0.971. The minimum atomic E-state index is -5.52. The molecule has 0 aliphatic rings. The Morgan fingerprint density at radius 2 is 0.462 bits per heavy atom. The van der Waals surface area contributed by atoms with Crippen LogP contribution in [0.25, 0.3) is 0 Å². The second-order valence-electron chi connectivity index (χ2n) is 25.7. The van der Waals surface area contributed by atoms with Gasteiger partial charge in [-0.15, -0.1) is 0 Å². The first-order valence-electron chi connectivity index (χ1n) is 35.3. The predicted octanol–water partition coefficient (Wildman–Crippen LogP) is 24.1. The summed E-state index contributed by atoms with van der Waals surface area (Å²) in [6, 6.07) is 0. The Morgan fingerprint density at radius 3 is 0.615 bits per heavy atom. The lowest BCUT2D eigenvalue weighted by atomic mass is 9.52. The molecular formula is C70H138O7S. The minimum Gasteiger partial charge on any atom is -0.481 e. The van der Waals surface area contributed by atoms with Gasteiger partial charge in [0.05, 0.1) is 5.92 Å². The van der Waals surface area contributed by atoms with Gasteiger partial charge in [0, 0.05) is 5.41 Å². The van der Waals surface area contributed by atoms with Crippen molar-refractivity contribution in [2.24, 2.45) is 16.7 Å². The highest BCUT2D eigenvalue weighted by molar-refractivity contribution is 7.88. The van der Waals surface area contributed by atoms with E-state index in [1.165, 1.54) is 161 Å². The van der Waals surface area contributed by atoms with Crippen LogP contribution in [-0.4, -0.2) is 39.9 Å². The molecule has 8 heteroatoms. The normalized spacial score (nSPS) is 13.6. The van der Waals surface area contributed by atoms with Gasteiger partial charge in [-0.25, -0.2) is 0 Å². The first-order chi connectivity index (χ1) is 37.9. The average Bonchev–Trinajstić information content (AvgIpc) is 3.57. The van der Waals surface area contributed by atoms with Crippen LogP contribution >= 0.6 is 0 Å². The van der Waals surface area contributed by atoms with Crippen molar-refractivity contribution in [3.8, 4) is 0 Å². The van der Waals surface area contributed by atoms with Crippen molar-refractivity contribution in [3.05, 3.63) is 0 Å². The number of carboxylic acids is 2. The summed E-state index contributed by atoms with van der Waals surface area (Å²) in [5.41, 5.74) is -2.55. The Kier molecular flexibility index (Phi) is 51.9. The van der Waals surface area contributed by atoms with Gasteiger partial charge in [0.2, 0.25) is 4.75 Å². The van der Waals surface area contributed by atoms with Crippen LogP contribution in [0, 0.1) is 16.7 Å². The van der Waals surface area contributed by atoms with Gasteiger partial charge < -0.3 is 10.2 Å². The molecule has 2 atom stereocenters. The number of hydrogen-bond donors (Lipinski definition) is 3. The summed E-state index contributed by atoms with van der Waals surface area (Å²) in [7, 11) is -5.52. The maximum atomic E-state index is 15.3. The molecule has 0 amide bonds. The molecule has 0 spiro atoms. The van der Waals surface area contributed by atoms with E-state index in [9.17, 15) is 14.8 Å². The van der Waals surface area contributed by atoms with Gasteiger partial charge in [-0.05, 0) is 43.9 Å². The number of rotatable bonds is 64. The van der Waals surface area contributed by atoms with Gasteiger partial charge in [0.15, 0.2) is 0 Å². The third-order valence-corrected chi connectivity index (χ3v) is 20.5. The van der Waals surface area contributed by atoms with Gasteiger partial charge in [-0.3, -0.25) is 14.1 Å². The van der Waals surface area contributed by atoms with E-state index in [1.807, 2.05) is 0 Å². The largest absolute Gasteiger partial charge is 0.481 e. The number of unbranched alkanes of at least 4 members (excludes halogenated alkanes) is 46. The van der Waals surface area contributed by atoms with Crippen LogP contribution in [0.1, 0.15) is 414 Å². The number of hydrogen-bond acceptors (Lipinski definition) is 4. The van der Waals surface area contributed by atoms with Crippen molar-refractivity contribution in [1.82, 2.24) is 0 Å². The molecule has 0 fully saturated rings. The molecule has 3 N–H and O–H groups in total. The van der Waals surface area contributed by atoms with Gasteiger partial charge in [-0.2, -0.15) is 8.42 Å². The maximum Gasteiger partial charge on any atom is 0.329 e.